The van der Waals surface area contributed by atoms with Gasteiger partial charge in [0.1, 0.15) is 11.3 Å². The van der Waals surface area contributed by atoms with Crippen molar-refractivity contribution in [2.24, 2.45) is 0 Å². The predicted molar refractivity (Wildman–Crippen MR) is 80.3 cm³/mol. The Hall–Kier alpha value is -2.40. The number of carbonyl (C=O) groups is 1. The van der Waals surface area contributed by atoms with Crippen molar-refractivity contribution < 1.29 is 4.79 Å². The van der Waals surface area contributed by atoms with Crippen molar-refractivity contribution in [3.8, 4) is 0 Å². The number of nitrogens with one attached hydrogen (secondary N) is 1. The Labute approximate surface area is 126 Å². The quantitative estimate of drug-likeness (QED) is 0.809. The number of nitrogens with zero attached hydrogens (tertiary/aromatic N) is 3. The number of imidazole rings is 1. The summed E-state index contributed by atoms with van der Waals surface area (Å²) in [7, 11) is 0. The van der Waals surface area contributed by atoms with Crippen molar-refractivity contribution in [1.82, 2.24) is 19.7 Å². The smallest absolute Gasteiger partial charge is 0.270 e. The lowest BCUT2D eigenvalue weighted by Gasteiger charge is -2.06. The summed E-state index contributed by atoms with van der Waals surface area (Å²) in [5.74, 6) is -0.201. The van der Waals surface area contributed by atoms with Crippen molar-refractivity contribution in [2.45, 2.75) is 13.5 Å². The Kier molecular flexibility index (Phi) is 3.58. The zero-order valence-electron chi connectivity index (χ0n) is 11.4. The van der Waals surface area contributed by atoms with Crippen molar-refractivity contribution in [1.29, 1.82) is 0 Å². The number of aryl methyl sites for hydroxylation is 1. The lowest BCUT2D eigenvalue weighted by molar-refractivity contribution is 0.0944. The van der Waals surface area contributed by atoms with Crippen LogP contribution in [0.15, 0.2) is 42.7 Å². The van der Waals surface area contributed by atoms with Gasteiger partial charge in [-0.05, 0) is 31.2 Å². The van der Waals surface area contributed by atoms with E-state index in [4.69, 9.17) is 11.6 Å². The highest BCUT2D eigenvalue weighted by Gasteiger charge is 2.16. The van der Waals surface area contributed by atoms with Crippen molar-refractivity contribution in [3.63, 3.8) is 0 Å². The fourth-order valence-electron chi connectivity index (χ4n) is 2.17. The van der Waals surface area contributed by atoms with E-state index in [1.807, 2.05) is 18.2 Å². The van der Waals surface area contributed by atoms with Gasteiger partial charge in [-0.15, -0.1) is 0 Å². The van der Waals surface area contributed by atoms with Gasteiger partial charge in [-0.3, -0.25) is 14.2 Å². The van der Waals surface area contributed by atoms with Crippen LogP contribution in [-0.2, 0) is 6.54 Å². The van der Waals surface area contributed by atoms with Crippen LogP contribution in [0.4, 0.5) is 0 Å². The fraction of sp³-hybridized carbons (Fsp3) is 0.133. The molecule has 6 heteroatoms. The highest BCUT2D eigenvalue weighted by molar-refractivity contribution is 6.30. The average Bonchev–Trinajstić information content (AvgIpc) is 2.81. The first kappa shape index (κ1) is 13.6. The van der Waals surface area contributed by atoms with Crippen LogP contribution < -0.4 is 5.32 Å². The molecule has 1 N–H and O–H groups in total. The number of rotatable bonds is 3. The number of hydrogen-bond donors (Lipinski definition) is 1. The van der Waals surface area contributed by atoms with Crippen LogP contribution in [0.2, 0.25) is 5.02 Å². The Morgan fingerprint density at radius 1 is 1.33 bits per heavy atom. The third-order valence-electron chi connectivity index (χ3n) is 3.13. The molecule has 0 aliphatic heterocycles. The molecule has 0 aromatic carbocycles. The number of halogens is 1. The first-order valence-corrected chi connectivity index (χ1v) is 6.85. The largest absolute Gasteiger partial charge is 0.345 e. The average molecular weight is 301 g/mol. The van der Waals surface area contributed by atoms with Gasteiger partial charge < -0.3 is 5.32 Å². The van der Waals surface area contributed by atoms with Crippen LogP contribution in [0.3, 0.4) is 0 Å². The van der Waals surface area contributed by atoms with Gasteiger partial charge in [-0.2, -0.15) is 0 Å². The van der Waals surface area contributed by atoms with Gasteiger partial charge in [0.25, 0.3) is 5.91 Å². The highest BCUT2D eigenvalue weighted by Crippen LogP contribution is 2.16. The molecular weight excluding hydrogens is 288 g/mol. The van der Waals surface area contributed by atoms with Gasteiger partial charge >= 0.3 is 0 Å². The maximum atomic E-state index is 12.4. The van der Waals surface area contributed by atoms with Crippen LogP contribution in [0.5, 0.6) is 0 Å². The van der Waals surface area contributed by atoms with E-state index >= 15 is 0 Å². The molecule has 0 saturated heterocycles. The van der Waals surface area contributed by atoms with Gasteiger partial charge in [0, 0.05) is 12.4 Å². The first-order valence-electron chi connectivity index (χ1n) is 6.47. The maximum Gasteiger partial charge on any atom is 0.270 e. The summed E-state index contributed by atoms with van der Waals surface area (Å²) in [6.45, 7) is 2.17. The molecule has 3 rings (SSSR count). The summed E-state index contributed by atoms with van der Waals surface area (Å²) in [5.41, 5.74) is 2.65. The Bertz CT molecular complexity index is 798. The third kappa shape index (κ3) is 2.73. The standard InChI is InChI=1S/C15H13ClN4O/c1-10-14(20-9-11(16)5-6-13(20)19-10)15(21)18-8-12-4-2-3-7-17-12/h2-7,9H,8H2,1H3,(H,18,21). The fourth-order valence-corrected chi connectivity index (χ4v) is 2.33. The summed E-state index contributed by atoms with van der Waals surface area (Å²) in [6.07, 6.45) is 3.38. The molecule has 0 radical (unpaired) electrons. The third-order valence-corrected chi connectivity index (χ3v) is 3.35. The minimum absolute atomic E-state index is 0.201. The second-order valence-electron chi connectivity index (χ2n) is 4.63. The summed E-state index contributed by atoms with van der Waals surface area (Å²) >= 11 is 5.99. The van der Waals surface area contributed by atoms with Crippen LogP contribution in [-0.4, -0.2) is 20.3 Å². The second kappa shape index (κ2) is 5.54. The number of carbonyl (C=O) groups excluding carboxylic acids is 1. The summed E-state index contributed by atoms with van der Waals surface area (Å²) < 4.78 is 1.70. The summed E-state index contributed by atoms with van der Waals surface area (Å²) in [4.78, 5) is 20.9. The normalized spacial score (nSPS) is 10.8. The SMILES string of the molecule is Cc1nc2ccc(Cl)cn2c1C(=O)NCc1ccccn1. The monoisotopic (exact) mass is 300 g/mol. The number of fused-ring (bicyclic) bond motifs is 1. The molecule has 0 bridgehead atoms. The highest BCUT2D eigenvalue weighted by atomic mass is 35.5. The van der Waals surface area contributed by atoms with E-state index in [1.54, 1.807) is 35.9 Å². The van der Waals surface area contributed by atoms with Gasteiger partial charge in [0.2, 0.25) is 0 Å². The molecule has 3 aromatic rings. The second-order valence-corrected chi connectivity index (χ2v) is 5.06. The van der Waals surface area contributed by atoms with E-state index < -0.39 is 0 Å². The van der Waals surface area contributed by atoms with Crippen LogP contribution in [0.1, 0.15) is 21.9 Å². The number of aromatic nitrogens is 3. The minimum atomic E-state index is -0.201. The molecule has 1 amide bonds. The Balaban J connectivity index is 1.87. The number of amides is 1. The molecule has 0 atom stereocenters. The zero-order chi connectivity index (χ0) is 14.8. The summed E-state index contributed by atoms with van der Waals surface area (Å²) in [5, 5.41) is 3.40. The van der Waals surface area contributed by atoms with Crippen LogP contribution in [0.25, 0.3) is 5.65 Å². The van der Waals surface area contributed by atoms with Crippen LogP contribution >= 0.6 is 11.6 Å². The summed E-state index contributed by atoms with van der Waals surface area (Å²) in [6, 6.07) is 9.11. The van der Waals surface area contributed by atoms with E-state index in [1.165, 1.54) is 0 Å². The van der Waals surface area contributed by atoms with E-state index in [0.717, 1.165) is 5.69 Å². The molecule has 3 aromatic heterocycles. The molecular formula is C15H13ClN4O. The molecule has 106 valence electrons. The molecule has 0 aliphatic carbocycles. The van der Waals surface area contributed by atoms with Gasteiger partial charge in [-0.1, -0.05) is 17.7 Å². The van der Waals surface area contributed by atoms with Crippen molar-refractivity contribution in [3.05, 3.63) is 64.8 Å². The Morgan fingerprint density at radius 2 is 2.19 bits per heavy atom. The van der Waals surface area contributed by atoms with Gasteiger partial charge in [-0.25, -0.2) is 4.98 Å². The van der Waals surface area contributed by atoms with E-state index in [2.05, 4.69) is 15.3 Å². The van der Waals surface area contributed by atoms with Crippen LogP contribution in [0, 0.1) is 6.92 Å². The zero-order valence-corrected chi connectivity index (χ0v) is 12.1. The van der Waals surface area contributed by atoms with Gasteiger partial charge in [0.05, 0.1) is 23.0 Å². The number of pyridine rings is 2. The van der Waals surface area contributed by atoms with Crippen molar-refractivity contribution in [2.75, 3.05) is 0 Å². The van der Waals surface area contributed by atoms with E-state index in [9.17, 15) is 4.79 Å². The molecule has 0 saturated carbocycles. The van der Waals surface area contributed by atoms with E-state index in [-0.39, 0.29) is 5.91 Å². The molecule has 0 spiro atoms. The lowest BCUT2D eigenvalue weighted by atomic mass is 10.3. The lowest BCUT2D eigenvalue weighted by Crippen LogP contribution is -2.25. The molecule has 21 heavy (non-hydrogen) atoms. The maximum absolute atomic E-state index is 12.4. The molecule has 0 fully saturated rings. The number of hydrogen-bond acceptors (Lipinski definition) is 3. The van der Waals surface area contributed by atoms with Gasteiger partial charge in [0.15, 0.2) is 0 Å². The molecule has 5 nitrogen and oxygen atoms in total. The predicted octanol–water partition coefficient (Wildman–Crippen LogP) is 2.62. The molecule has 3 heterocycles. The molecule has 0 aliphatic rings. The van der Waals surface area contributed by atoms with E-state index in [0.29, 0.717) is 28.6 Å². The topological polar surface area (TPSA) is 59.3 Å². The minimum Gasteiger partial charge on any atom is -0.345 e. The first-order chi connectivity index (χ1) is 10.1. The van der Waals surface area contributed by atoms with Crippen molar-refractivity contribution >= 4 is 23.2 Å². The molecule has 0 unspecified atom stereocenters. The Morgan fingerprint density at radius 3 is 2.95 bits per heavy atom.